The van der Waals surface area contributed by atoms with Crippen molar-refractivity contribution >= 4 is 10.9 Å². The number of pyridine rings is 1. The van der Waals surface area contributed by atoms with Crippen molar-refractivity contribution in [3.8, 4) is 22.9 Å². The molecule has 5 rings (SSSR count). The Morgan fingerprint density at radius 1 is 0.692 bits per heavy atom. The molecule has 26 heavy (non-hydrogen) atoms. The molecule has 124 valence electrons. The van der Waals surface area contributed by atoms with Crippen LogP contribution in [0.4, 0.5) is 0 Å². The average molecular weight is 339 g/mol. The van der Waals surface area contributed by atoms with E-state index in [0.717, 1.165) is 10.9 Å². The monoisotopic (exact) mass is 339 g/mol. The molecule has 0 radical (unpaired) electrons. The molecule has 6 heteroatoms. The molecule has 0 unspecified atom stereocenters. The van der Waals surface area contributed by atoms with E-state index >= 15 is 0 Å². The van der Waals surface area contributed by atoms with E-state index < -0.39 is 0 Å². The van der Waals surface area contributed by atoms with Gasteiger partial charge in [-0.2, -0.15) is 14.9 Å². The summed E-state index contributed by atoms with van der Waals surface area (Å²) in [7, 11) is 0. The summed E-state index contributed by atoms with van der Waals surface area (Å²) in [5.41, 5.74) is 2.21. The van der Waals surface area contributed by atoms with E-state index in [1.807, 2.05) is 72.8 Å². The van der Waals surface area contributed by atoms with E-state index in [9.17, 15) is 4.79 Å². The lowest BCUT2D eigenvalue weighted by Crippen LogP contribution is -2.17. The SMILES string of the molecule is O=c1c2nn(-c3ccccn3)c3ccccc3c-2nn1-c1ccccc1. The fourth-order valence-corrected chi connectivity index (χ4v) is 3.08. The van der Waals surface area contributed by atoms with Crippen molar-refractivity contribution < 1.29 is 0 Å². The summed E-state index contributed by atoms with van der Waals surface area (Å²) in [6.07, 6.45) is 1.70. The fraction of sp³-hybridized carbons (Fsp3) is 0. The van der Waals surface area contributed by atoms with Gasteiger partial charge in [0.25, 0.3) is 0 Å². The summed E-state index contributed by atoms with van der Waals surface area (Å²) in [6.45, 7) is 0. The summed E-state index contributed by atoms with van der Waals surface area (Å²) in [5, 5.41) is 9.99. The number of rotatable bonds is 2. The number of nitrogens with zero attached hydrogens (tertiary/aromatic N) is 5. The van der Waals surface area contributed by atoms with Gasteiger partial charge in [-0.05, 0) is 30.3 Å². The number of hydrogen-bond acceptors (Lipinski definition) is 4. The average Bonchev–Trinajstić information content (AvgIpc) is 3.05. The van der Waals surface area contributed by atoms with Gasteiger partial charge in [0, 0.05) is 11.6 Å². The van der Waals surface area contributed by atoms with Crippen LogP contribution in [0.25, 0.3) is 33.8 Å². The first-order chi connectivity index (χ1) is 12.8. The second kappa shape index (κ2) is 5.63. The molecule has 3 heterocycles. The first kappa shape index (κ1) is 14.5. The minimum absolute atomic E-state index is 0.248. The number of aromatic nitrogens is 5. The number of para-hydroxylation sites is 2. The van der Waals surface area contributed by atoms with E-state index in [0.29, 0.717) is 22.9 Å². The smallest absolute Gasteiger partial charge is 0.265 e. The Hall–Kier alpha value is -3.80. The van der Waals surface area contributed by atoms with E-state index in [-0.39, 0.29) is 5.56 Å². The molecular weight excluding hydrogens is 326 g/mol. The third kappa shape index (κ3) is 2.12. The standard InChI is InChI=1S/C20H13N5O/c26-20-19-18(22-24(20)14-8-2-1-3-9-14)15-10-4-5-11-16(15)25(23-19)17-12-6-7-13-21-17/h1-13H. The Morgan fingerprint density at radius 2 is 1.42 bits per heavy atom. The summed E-state index contributed by atoms with van der Waals surface area (Å²) < 4.78 is 3.09. The lowest BCUT2D eigenvalue weighted by molar-refractivity contribution is 0.847. The summed E-state index contributed by atoms with van der Waals surface area (Å²) in [5.74, 6) is 0.650. The van der Waals surface area contributed by atoms with Crippen molar-refractivity contribution in [3.63, 3.8) is 0 Å². The Kier molecular flexibility index (Phi) is 3.15. The van der Waals surface area contributed by atoms with Crippen molar-refractivity contribution in [1.29, 1.82) is 0 Å². The van der Waals surface area contributed by atoms with E-state index in [1.165, 1.54) is 4.68 Å². The summed E-state index contributed by atoms with van der Waals surface area (Å²) in [6, 6.07) is 22.7. The predicted octanol–water partition coefficient (Wildman–Crippen LogP) is 3.07. The molecule has 0 amide bonds. The molecule has 0 N–H and O–H groups in total. The predicted molar refractivity (Wildman–Crippen MR) is 98.9 cm³/mol. The van der Waals surface area contributed by atoms with Crippen LogP contribution >= 0.6 is 0 Å². The largest absolute Gasteiger partial charge is 0.301 e. The quantitative estimate of drug-likeness (QED) is 0.496. The molecule has 0 bridgehead atoms. The van der Waals surface area contributed by atoms with Crippen molar-refractivity contribution in [2.75, 3.05) is 0 Å². The van der Waals surface area contributed by atoms with Gasteiger partial charge in [-0.25, -0.2) is 9.67 Å². The van der Waals surface area contributed by atoms with Gasteiger partial charge in [-0.15, -0.1) is 0 Å². The summed E-state index contributed by atoms with van der Waals surface area (Å²) >= 11 is 0. The highest BCUT2D eigenvalue weighted by Gasteiger charge is 2.23. The van der Waals surface area contributed by atoms with Crippen LogP contribution in [0.15, 0.2) is 83.8 Å². The van der Waals surface area contributed by atoms with Gasteiger partial charge in [0.15, 0.2) is 11.5 Å². The van der Waals surface area contributed by atoms with Gasteiger partial charge >= 0.3 is 5.56 Å². The fourth-order valence-electron chi connectivity index (χ4n) is 3.08. The zero-order valence-corrected chi connectivity index (χ0v) is 13.6. The Bertz CT molecular complexity index is 1240. The second-order valence-corrected chi connectivity index (χ2v) is 5.87. The summed E-state index contributed by atoms with van der Waals surface area (Å²) in [4.78, 5) is 17.3. The lowest BCUT2D eigenvalue weighted by atomic mass is 10.1. The van der Waals surface area contributed by atoms with Crippen LogP contribution in [0.2, 0.25) is 0 Å². The highest BCUT2D eigenvalue weighted by Crippen LogP contribution is 2.27. The normalized spacial score (nSPS) is 11.2. The third-order valence-corrected chi connectivity index (χ3v) is 4.27. The zero-order chi connectivity index (χ0) is 17.5. The number of fused-ring (bicyclic) bond motifs is 3. The van der Waals surface area contributed by atoms with Crippen molar-refractivity contribution in [2.24, 2.45) is 0 Å². The molecular formula is C20H13N5O. The molecule has 1 aromatic heterocycles. The molecule has 0 saturated carbocycles. The second-order valence-electron chi connectivity index (χ2n) is 5.87. The Labute approximate surface area is 148 Å². The molecule has 2 aliphatic rings. The molecule has 2 aliphatic heterocycles. The van der Waals surface area contributed by atoms with Crippen LogP contribution in [0.1, 0.15) is 0 Å². The Balaban J connectivity index is 1.90. The third-order valence-electron chi connectivity index (χ3n) is 4.27. The van der Waals surface area contributed by atoms with Gasteiger partial charge in [-0.3, -0.25) is 4.79 Å². The lowest BCUT2D eigenvalue weighted by Gasteiger charge is -2.10. The molecule has 6 nitrogen and oxygen atoms in total. The van der Waals surface area contributed by atoms with Crippen LogP contribution in [-0.2, 0) is 0 Å². The van der Waals surface area contributed by atoms with Crippen LogP contribution in [-0.4, -0.2) is 24.5 Å². The van der Waals surface area contributed by atoms with Crippen LogP contribution in [0.3, 0.4) is 0 Å². The Morgan fingerprint density at radius 3 is 2.23 bits per heavy atom. The first-order valence-corrected chi connectivity index (χ1v) is 8.20. The maximum Gasteiger partial charge on any atom is 0.301 e. The molecule has 2 aromatic carbocycles. The maximum atomic E-state index is 13.0. The highest BCUT2D eigenvalue weighted by atomic mass is 16.1. The molecule has 0 spiro atoms. The van der Waals surface area contributed by atoms with Gasteiger partial charge in [0.2, 0.25) is 0 Å². The topological polar surface area (TPSA) is 65.6 Å². The van der Waals surface area contributed by atoms with E-state index in [2.05, 4.69) is 15.2 Å². The van der Waals surface area contributed by atoms with Crippen LogP contribution in [0, 0.1) is 0 Å². The van der Waals surface area contributed by atoms with Gasteiger partial charge in [0.05, 0.1) is 11.2 Å². The minimum atomic E-state index is -0.248. The van der Waals surface area contributed by atoms with Gasteiger partial charge in [0.1, 0.15) is 5.69 Å². The molecule has 0 saturated heterocycles. The molecule has 0 aliphatic carbocycles. The minimum Gasteiger partial charge on any atom is -0.265 e. The van der Waals surface area contributed by atoms with Crippen molar-refractivity contribution in [1.82, 2.24) is 24.5 Å². The zero-order valence-electron chi connectivity index (χ0n) is 13.6. The van der Waals surface area contributed by atoms with Crippen LogP contribution in [0.5, 0.6) is 0 Å². The first-order valence-electron chi connectivity index (χ1n) is 8.20. The van der Waals surface area contributed by atoms with E-state index in [1.54, 1.807) is 10.9 Å². The van der Waals surface area contributed by atoms with E-state index in [4.69, 9.17) is 0 Å². The van der Waals surface area contributed by atoms with Crippen molar-refractivity contribution in [2.45, 2.75) is 0 Å². The highest BCUT2D eigenvalue weighted by molar-refractivity contribution is 5.92. The number of benzene rings is 2. The van der Waals surface area contributed by atoms with Crippen LogP contribution < -0.4 is 5.56 Å². The van der Waals surface area contributed by atoms with Gasteiger partial charge < -0.3 is 0 Å². The van der Waals surface area contributed by atoms with Crippen molar-refractivity contribution in [3.05, 3.63) is 89.3 Å². The molecule has 0 atom stereocenters. The molecule has 3 aromatic rings. The molecule has 0 fully saturated rings. The van der Waals surface area contributed by atoms with Gasteiger partial charge in [-0.1, -0.05) is 42.5 Å². The number of hydrogen-bond donors (Lipinski definition) is 0. The maximum absolute atomic E-state index is 13.0.